The number of carbonyl (C=O) groups excluding carboxylic acids is 2. The zero-order chi connectivity index (χ0) is 20.2. The maximum Gasteiger partial charge on any atom is 0.252 e. The smallest absolute Gasteiger partial charge is 0.252 e. The van der Waals surface area contributed by atoms with Crippen LogP contribution >= 0.6 is 0 Å². The summed E-state index contributed by atoms with van der Waals surface area (Å²) < 4.78 is 14.2. The summed E-state index contributed by atoms with van der Waals surface area (Å²) in [5.41, 5.74) is -0.418. The number of fused-ring (bicyclic) bond motifs is 2. The summed E-state index contributed by atoms with van der Waals surface area (Å²) in [5, 5.41) is 10.3. The summed E-state index contributed by atoms with van der Waals surface area (Å²) in [7, 11) is 0. The molecule has 1 aliphatic carbocycles. The zero-order valence-electron chi connectivity index (χ0n) is 16.6. The van der Waals surface area contributed by atoms with Gasteiger partial charge in [0.15, 0.2) is 0 Å². The van der Waals surface area contributed by atoms with Crippen molar-refractivity contribution in [1.82, 2.24) is 14.7 Å². The van der Waals surface area contributed by atoms with E-state index in [0.717, 1.165) is 12.8 Å². The van der Waals surface area contributed by atoms with Crippen LogP contribution in [-0.4, -0.2) is 75.0 Å². The van der Waals surface area contributed by atoms with Gasteiger partial charge in [-0.05, 0) is 25.3 Å². The van der Waals surface area contributed by atoms with E-state index < -0.39 is 23.5 Å². The number of halogens is 1. The van der Waals surface area contributed by atoms with E-state index in [1.165, 1.54) is 30.2 Å². The van der Waals surface area contributed by atoms with E-state index in [4.69, 9.17) is 0 Å². The maximum absolute atomic E-state index is 14.2. The van der Waals surface area contributed by atoms with Crippen LogP contribution in [0.4, 0.5) is 4.39 Å². The van der Waals surface area contributed by atoms with Gasteiger partial charge in [-0.3, -0.25) is 24.3 Å². The third kappa shape index (κ3) is 3.02. The molecular formula is C22H28FN3O3. The fourth-order valence-corrected chi connectivity index (χ4v) is 5.77. The van der Waals surface area contributed by atoms with Gasteiger partial charge in [0, 0.05) is 31.2 Å². The van der Waals surface area contributed by atoms with E-state index in [9.17, 15) is 19.1 Å². The monoisotopic (exact) mass is 401 g/mol. The number of amides is 2. The highest BCUT2D eigenvalue weighted by molar-refractivity contribution is 6.06. The molecule has 6 nitrogen and oxygen atoms in total. The van der Waals surface area contributed by atoms with Gasteiger partial charge in [0.2, 0.25) is 5.91 Å². The van der Waals surface area contributed by atoms with Crippen LogP contribution in [0.3, 0.4) is 0 Å². The molecule has 7 heteroatoms. The third-order valence-electron chi connectivity index (χ3n) is 7.33. The average molecular weight is 401 g/mol. The van der Waals surface area contributed by atoms with Crippen LogP contribution in [0, 0.1) is 5.82 Å². The molecule has 1 spiro atoms. The van der Waals surface area contributed by atoms with Crippen molar-refractivity contribution in [2.45, 2.75) is 68.8 Å². The van der Waals surface area contributed by atoms with Crippen molar-refractivity contribution in [3.05, 3.63) is 35.6 Å². The molecule has 2 atom stereocenters. The van der Waals surface area contributed by atoms with Gasteiger partial charge in [-0.1, -0.05) is 37.5 Å². The highest BCUT2D eigenvalue weighted by atomic mass is 19.1. The first-order chi connectivity index (χ1) is 14.0. The van der Waals surface area contributed by atoms with Gasteiger partial charge >= 0.3 is 0 Å². The second-order valence-corrected chi connectivity index (χ2v) is 9.11. The third-order valence-corrected chi connectivity index (χ3v) is 7.33. The van der Waals surface area contributed by atoms with Gasteiger partial charge in [0.25, 0.3) is 5.91 Å². The normalized spacial score (nSPS) is 30.6. The molecule has 0 radical (unpaired) electrons. The van der Waals surface area contributed by atoms with Crippen molar-refractivity contribution in [2.75, 3.05) is 19.6 Å². The first-order valence-electron chi connectivity index (χ1n) is 10.8. The van der Waals surface area contributed by atoms with E-state index >= 15 is 0 Å². The molecule has 3 heterocycles. The molecule has 1 saturated carbocycles. The van der Waals surface area contributed by atoms with E-state index in [1.807, 2.05) is 4.90 Å². The minimum absolute atomic E-state index is 0.0457. The number of benzene rings is 1. The number of rotatable bonds is 3. The Morgan fingerprint density at radius 2 is 1.83 bits per heavy atom. The number of aliphatic hydroxyl groups is 1. The van der Waals surface area contributed by atoms with Crippen LogP contribution < -0.4 is 0 Å². The first kappa shape index (κ1) is 19.2. The van der Waals surface area contributed by atoms with Crippen molar-refractivity contribution in [2.24, 2.45) is 0 Å². The molecule has 0 bridgehead atoms. The van der Waals surface area contributed by atoms with Crippen molar-refractivity contribution in [3.8, 4) is 0 Å². The number of β-amino-alcohol motifs (C(OH)–C–C–N with tert-alkyl or cyclic N) is 1. The quantitative estimate of drug-likeness (QED) is 0.778. The molecule has 0 aromatic heterocycles. The van der Waals surface area contributed by atoms with Crippen LogP contribution in [0.25, 0.3) is 0 Å². The summed E-state index contributed by atoms with van der Waals surface area (Å²) in [6.07, 6.45) is 5.79. The highest BCUT2D eigenvalue weighted by Gasteiger charge is 2.64. The van der Waals surface area contributed by atoms with Crippen LogP contribution in [0.5, 0.6) is 0 Å². The largest absolute Gasteiger partial charge is 0.392 e. The summed E-state index contributed by atoms with van der Waals surface area (Å²) in [6, 6.07) is 6.29. The molecule has 3 saturated heterocycles. The Morgan fingerprint density at radius 1 is 1.10 bits per heavy atom. The van der Waals surface area contributed by atoms with Gasteiger partial charge in [-0.2, -0.15) is 0 Å². The second kappa shape index (κ2) is 7.15. The van der Waals surface area contributed by atoms with Gasteiger partial charge in [0.1, 0.15) is 11.4 Å². The van der Waals surface area contributed by atoms with Crippen molar-refractivity contribution in [3.63, 3.8) is 0 Å². The second-order valence-electron chi connectivity index (χ2n) is 9.11. The molecule has 156 valence electrons. The first-order valence-corrected chi connectivity index (χ1v) is 10.8. The van der Waals surface area contributed by atoms with Gasteiger partial charge in [-0.25, -0.2) is 4.39 Å². The standard InChI is InChI=1S/C22H28FN3O3/c23-18-9-5-4-6-15(18)11-25-20(28)19-10-17(27)12-26(19)22(21(25)29)13-24(14-22)16-7-2-1-3-8-16/h4-6,9,16-17,19,27H,1-3,7-8,10-14H2/t17-,19+/m1/s1. The summed E-state index contributed by atoms with van der Waals surface area (Å²) >= 11 is 0. The summed E-state index contributed by atoms with van der Waals surface area (Å²) in [5.74, 6) is -0.951. The lowest BCUT2D eigenvalue weighted by atomic mass is 9.79. The number of carbonyl (C=O) groups is 2. The lowest BCUT2D eigenvalue weighted by Gasteiger charge is -2.60. The molecule has 3 aliphatic heterocycles. The lowest BCUT2D eigenvalue weighted by molar-refractivity contribution is -0.183. The molecule has 2 amide bonds. The summed E-state index contributed by atoms with van der Waals surface area (Å²) in [4.78, 5) is 32.2. The van der Waals surface area contributed by atoms with E-state index in [2.05, 4.69) is 4.90 Å². The fraction of sp³-hybridized carbons (Fsp3) is 0.636. The number of piperazine rings is 1. The minimum atomic E-state index is -0.765. The Kier molecular flexibility index (Phi) is 4.72. The average Bonchev–Trinajstić information content (AvgIpc) is 3.08. The van der Waals surface area contributed by atoms with Crippen LogP contribution in [-0.2, 0) is 16.1 Å². The van der Waals surface area contributed by atoms with Gasteiger partial charge in [-0.15, -0.1) is 0 Å². The number of hydrogen-bond acceptors (Lipinski definition) is 5. The Morgan fingerprint density at radius 3 is 2.55 bits per heavy atom. The van der Waals surface area contributed by atoms with Crippen LogP contribution in [0.1, 0.15) is 44.1 Å². The molecule has 1 N–H and O–H groups in total. The van der Waals surface area contributed by atoms with Crippen LogP contribution in [0.15, 0.2) is 24.3 Å². The van der Waals surface area contributed by atoms with Gasteiger partial charge in [0.05, 0.1) is 18.7 Å². The summed E-state index contributed by atoms with van der Waals surface area (Å²) in [6.45, 7) is 1.51. The molecule has 0 unspecified atom stereocenters. The lowest BCUT2D eigenvalue weighted by Crippen LogP contribution is -2.82. The Hall–Kier alpha value is -1.83. The number of aliphatic hydroxyl groups excluding tert-OH is 1. The molecule has 5 rings (SSSR count). The predicted molar refractivity (Wildman–Crippen MR) is 104 cm³/mol. The molecule has 4 aliphatic rings. The molecule has 29 heavy (non-hydrogen) atoms. The van der Waals surface area contributed by atoms with Gasteiger partial charge < -0.3 is 5.11 Å². The molecule has 4 fully saturated rings. The fourth-order valence-electron chi connectivity index (χ4n) is 5.77. The van der Waals surface area contributed by atoms with E-state index in [-0.39, 0.29) is 18.4 Å². The van der Waals surface area contributed by atoms with Crippen molar-refractivity contribution < 1.29 is 19.1 Å². The zero-order valence-corrected chi connectivity index (χ0v) is 16.6. The van der Waals surface area contributed by atoms with Crippen molar-refractivity contribution in [1.29, 1.82) is 0 Å². The predicted octanol–water partition coefficient (Wildman–Crippen LogP) is 1.52. The van der Waals surface area contributed by atoms with Crippen LogP contribution in [0.2, 0.25) is 0 Å². The number of imide groups is 1. The number of nitrogens with zero attached hydrogens (tertiary/aromatic N) is 3. The Balaban J connectivity index is 1.42. The topological polar surface area (TPSA) is 64.1 Å². The number of hydrogen-bond donors (Lipinski definition) is 1. The minimum Gasteiger partial charge on any atom is -0.392 e. The van der Waals surface area contributed by atoms with E-state index in [1.54, 1.807) is 18.2 Å². The SMILES string of the molecule is O=C1[C@@H]2C[C@@H](O)CN2C2(CN(C3CCCCC3)C2)C(=O)N1Cc1ccccc1F. The van der Waals surface area contributed by atoms with Crippen molar-refractivity contribution >= 4 is 11.8 Å². The molecular weight excluding hydrogens is 373 g/mol. The highest BCUT2D eigenvalue weighted by Crippen LogP contribution is 2.43. The Labute approximate surface area is 170 Å². The van der Waals surface area contributed by atoms with E-state index in [0.29, 0.717) is 37.7 Å². The molecule has 1 aromatic rings. The maximum atomic E-state index is 14.2. The molecule has 1 aromatic carbocycles. The number of likely N-dealkylation sites (tertiary alicyclic amines) is 1. The Bertz CT molecular complexity index is 819.